The van der Waals surface area contributed by atoms with Crippen LogP contribution in [0.3, 0.4) is 0 Å². The summed E-state index contributed by atoms with van der Waals surface area (Å²) in [6.07, 6.45) is 0. The Kier molecular flexibility index (Phi) is 17.0. The van der Waals surface area contributed by atoms with E-state index in [0.29, 0.717) is 52.7 Å². The van der Waals surface area contributed by atoms with E-state index in [-0.39, 0.29) is 55.7 Å². The van der Waals surface area contributed by atoms with Gasteiger partial charge in [-0.05, 0) is 0 Å². The number of hydrogen-bond donors (Lipinski definition) is 6. The fourth-order valence-electron chi connectivity index (χ4n) is 3.11. The molecule has 252 valence electrons. The summed E-state index contributed by atoms with van der Waals surface area (Å²) < 4.78 is 68.0. The summed E-state index contributed by atoms with van der Waals surface area (Å²) in [4.78, 5) is 0. The van der Waals surface area contributed by atoms with Gasteiger partial charge in [-0.2, -0.15) is 0 Å². The van der Waals surface area contributed by atoms with Crippen molar-refractivity contribution < 1.29 is 56.2 Å². The molecule has 7 N–H and O–H groups in total. The molecule has 0 saturated carbocycles. The van der Waals surface area contributed by atoms with Crippen molar-refractivity contribution in [2.45, 2.75) is 41.5 Å². The van der Waals surface area contributed by atoms with Gasteiger partial charge in [0.05, 0.1) is 59.5 Å². The zero-order valence-electron chi connectivity index (χ0n) is 25.8. The summed E-state index contributed by atoms with van der Waals surface area (Å²) in [5.74, 6) is 0. The molecule has 42 heavy (non-hydrogen) atoms. The lowest BCUT2D eigenvalue weighted by Gasteiger charge is -2.38. The zero-order chi connectivity index (χ0) is 32.1. The first-order valence-corrected chi connectivity index (χ1v) is 18.4. The molecule has 0 aromatic rings. The number of nitrogens with zero attached hydrogens (tertiary/aromatic N) is 1. The van der Waals surface area contributed by atoms with Gasteiger partial charge in [0.1, 0.15) is 0 Å². The molecule has 0 amide bonds. The van der Waals surface area contributed by atoms with Crippen molar-refractivity contribution in [3.05, 3.63) is 0 Å². The van der Waals surface area contributed by atoms with E-state index < -0.39 is 23.2 Å². The van der Waals surface area contributed by atoms with Gasteiger partial charge in [0.25, 0.3) is 0 Å². The first kappa shape index (κ1) is 40.2. The highest BCUT2D eigenvalue weighted by molar-refractivity contribution is 7.52. The van der Waals surface area contributed by atoms with Gasteiger partial charge in [-0.3, -0.25) is 27.1 Å². The van der Waals surface area contributed by atoms with Crippen LogP contribution >= 0.6 is 23.2 Å². The molecule has 19 heteroatoms. The van der Waals surface area contributed by atoms with Crippen molar-refractivity contribution in [2.75, 3.05) is 92.2 Å². The highest BCUT2D eigenvalue weighted by Gasteiger charge is 2.41. The molecule has 0 spiro atoms. The van der Waals surface area contributed by atoms with Crippen molar-refractivity contribution in [3.63, 3.8) is 0 Å². The summed E-state index contributed by atoms with van der Waals surface area (Å²) >= 11 is 0. The van der Waals surface area contributed by atoms with E-state index in [1.54, 1.807) is 0 Å². The van der Waals surface area contributed by atoms with E-state index in [1.165, 1.54) is 4.67 Å². The number of nitrogens with one attached hydrogen (secondary N) is 2. The Hall–Kier alpha value is 0.170. The van der Waals surface area contributed by atoms with Crippen LogP contribution < -0.4 is 15.9 Å². The van der Waals surface area contributed by atoms with Gasteiger partial charge in [0, 0.05) is 49.0 Å². The largest absolute Gasteiger partial charge is 0.408 e. The first-order chi connectivity index (χ1) is 19.4. The highest BCUT2D eigenvalue weighted by Crippen LogP contribution is 2.56. The average Bonchev–Trinajstić information content (AvgIpc) is 2.93. The SMILES string of the molecule is CC1(C)COP(=O)(N(CCO)CCO)OC1.CC1(C)COP(=O)(NCCN)OC1.CC1(C)COP(=O)(NCCO)OC1. The minimum atomic E-state index is -3.32. The van der Waals surface area contributed by atoms with Crippen LogP contribution in [-0.2, 0) is 40.8 Å². The third-order valence-electron chi connectivity index (χ3n) is 5.67. The third-order valence-corrected chi connectivity index (χ3v) is 10.8. The molecule has 0 aromatic carbocycles. The molecule has 3 aliphatic rings. The van der Waals surface area contributed by atoms with Gasteiger partial charge < -0.3 is 21.1 Å². The number of aliphatic hydroxyl groups is 3. The minimum absolute atomic E-state index is 0.0572. The van der Waals surface area contributed by atoms with Crippen LogP contribution in [0.1, 0.15) is 41.5 Å². The second kappa shape index (κ2) is 17.8. The predicted molar refractivity (Wildman–Crippen MR) is 158 cm³/mol. The second-order valence-electron chi connectivity index (χ2n) is 12.3. The molecule has 3 heterocycles. The van der Waals surface area contributed by atoms with E-state index in [0.717, 1.165) is 0 Å². The molecule has 0 aromatic heterocycles. The molecule has 3 fully saturated rings. The molecule has 0 bridgehead atoms. The quantitative estimate of drug-likeness (QED) is 0.173. The summed E-state index contributed by atoms with van der Waals surface area (Å²) in [7, 11) is -9.48. The molecule has 3 saturated heterocycles. The summed E-state index contributed by atoms with van der Waals surface area (Å²) in [6, 6.07) is 0. The number of hydrogen-bond acceptors (Lipinski definition) is 13. The summed E-state index contributed by atoms with van der Waals surface area (Å²) in [5, 5.41) is 31.4. The molecular formula is C23H53N4O12P3. The van der Waals surface area contributed by atoms with E-state index >= 15 is 0 Å². The smallest absolute Gasteiger partial charge is 0.395 e. The van der Waals surface area contributed by atoms with Crippen LogP contribution in [0.15, 0.2) is 0 Å². The zero-order valence-corrected chi connectivity index (χ0v) is 28.5. The van der Waals surface area contributed by atoms with Crippen molar-refractivity contribution in [1.82, 2.24) is 14.8 Å². The van der Waals surface area contributed by atoms with Crippen LogP contribution in [0.2, 0.25) is 0 Å². The Morgan fingerprint density at radius 1 is 0.619 bits per heavy atom. The maximum atomic E-state index is 12.3. The van der Waals surface area contributed by atoms with Gasteiger partial charge in [-0.15, -0.1) is 0 Å². The van der Waals surface area contributed by atoms with E-state index in [9.17, 15) is 13.7 Å². The van der Waals surface area contributed by atoms with Crippen LogP contribution in [0, 0.1) is 16.2 Å². The minimum Gasteiger partial charge on any atom is -0.395 e. The summed E-state index contributed by atoms with van der Waals surface area (Å²) in [6.45, 7) is 15.3. The lowest BCUT2D eigenvalue weighted by molar-refractivity contribution is 0.0172. The fourth-order valence-corrected chi connectivity index (χ4v) is 8.57. The van der Waals surface area contributed by atoms with E-state index in [4.69, 9.17) is 48.2 Å². The average molecular weight is 671 g/mol. The molecule has 3 rings (SSSR count). The van der Waals surface area contributed by atoms with E-state index in [1.807, 2.05) is 41.5 Å². The lowest BCUT2D eigenvalue weighted by atomic mass is 9.97. The van der Waals surface area contributed by atoms with Crippen LogP contribution in [0.5, 0.6) is 0 Å². The topological polar surface area (TPSA) is 221 Å². The first-order valence-electron chi connectivity index (χ1n) is 13.8. The summed E-state index contributed by atoms with van der Waals surface area (Å²) in [5.41, 5.74) is 4.96. The Labute approximate surface area is 250 Å². The van der Waals surface area contributed by atoms with Gasteiger partial charge >= 0.3 is 23.2 Å². The predicted octanol–water partition coefficient (Wildman–Crippen LogP) is 1.92. The highest BCUT2D eigenvalue weighted by atomic mass is 31.2. The molecular weight excluding hydrogens is 617 g/mol. The van der Waals surface area contributed by atoms with Crippen LogP contribution in [-0.4, -0.2) is 112 Å². The van der Waals surface area contributed by atoms with Crippen molar-refractivity contribution >= 4 is 23.2 Å². The molecule has 0 atom stereocenters. The Bertz CT molecular complexity index is 846. The lowest BCUT2D eigenvalue weighted by Crippen LogP contribution is -2.36. The third kappa shape index (κ3) is 15.0. The molecule has 0 radical (unpaired) electrons. The standard InChI is InChI=1S/C9H20NO5P.C7H17N2O3P.C7H16NO4P/c1-9(2)7-14-16(13,15-8-9)10(3-5-11)4-6-12;1-7(2)5-11-13(10,12-6-7)9-4-3-8;1-7(2)5-11-13(10,12-6-7)8-3-4-9/h11-12H,3-8H2,1-2H3;3-6,8H2,1-2H3,(H,9,10);9H,3-6H2,1-2H3,(H,8,10). The maximum absolute atomic E-state index is 12.3. The van der Waals surface area contributed by atoms with Gasteiger partial charge in [-0.25, -0.2) is 28.5 Å². The molecule has 16 nitrogen and oxygen atoms in total. The van der Waals surface area contributed by atoms with Gasteiger partial charge in [-0.1, -0.05) is 41.5 Å². The fraction of sp³-hybridized carbons (Fsp3) is 1.00. The normalized spacial score (nSPS) is 24.9. The number of aliphatic hydroxyl groups excluding tert-OH is 3. The van der Waals surface area contributed by atoms with Crippen molar-refractivity contribution in [1.29, 1.82) is 0 Å². The Morgan fingerprint density at radius 3 is 1.26 bits per heavy atom. The molecule has 0 aliphatic carbocycles. The Morgan fingerprint density at radius 2 is 0.952 bits per heavy atom. The molecule has 0 unspecified atom stereocenters. The monoisotopic (exact) mass is 670 g/mol. The van der Waals surface area contributed by atoms with Gasteiger partial charge in [0.2, 0.25) is 0 Å². The van der Waals surface area contributed by atoms with Crippen molar-refractivity contribution in [3.8, 4) is 0 Å². The van der Waals surface area contributed by atoms with Gasteiger partial charge in [0.15, 0.2) is 0 Å². The molecule has 3 aliphatic heterocycles. The van der Waals surface area contributed by atoms with E-state index in [2.05, 4.69) is 10.2 Å². The Balaban J connectivity index is 0.000000318. The number of nitrogens with two attached hydrogens (primary N) is 1. The van der Waals surface area contributed by atoms with Crippen LogP contribution in [0.25, 0.3) is 0 Å². The van der Waals surface area contributed by atoms with Crippen molar-refractivity contribution in [2.24, 2.45) is 22.0 Å². The second-order valence-corrected chi connectivity index (χ2v) is 18.0. The number of rotatable bonds is 11. The maximum Gasteiger partial charge on any atom is 0.408 e. The van der Waals surface area contributed by atoms with Crippen LogP contribution in [0.4, 0.5) is 0 Å².